The summed E-state index contributed by atoms with van der Waals surface area (Å²) in [4.78, 5) is 31.0. The standard InChI is InChI=1S/C30H24N2O4S/c1-35-26(33)18-36-22-12-7-8-19(16-22)17-25-29(34)32-28(21-10-3-2-4-11-21)24-15-14-20-9-5-6-13-23(20)27(24)31-30(32)37-25/h2-13,16-17,28H,14-15,18H2,1H3. The lowest BCUT2D eigenvalue weighted by Gasteiger charge is -2.30. The van der Waals surface area contributed by atoms with Crippen LogP contribution >= 0.6 is 11.3 Å². The van der Waals surface area contributed by atoms with Crippen molar-refractivity contribution in [2.45, 2.75) is 18.9 Å². The van der Waals surface area contributed by atoms with Crippen LogP contribution in [0.25, 0.3) is 11.8 Å². The molecule has 37 heavy (non-hydrogen) atoms. The van der Waals surface area contributed by atoms with Crippen molar-refractivity contribution in [3.63, 3.8) is 0 Å². The lowest BCUT2D eigenvalue weighted by molar-refractivity contribution is -0.142. The Bertz CT molecular complexity index is 1720. The number of thiazole rings is 1. The van der Waals surface area contributed by atoms with Gasteiger partial charge in [0.1, 0.15) is 5.75 Å². The normalized spacial score (nSPS) is 16.4. The van der Waals surface area contributed by atoms with Crippen LogP contribution in [0.4, 0.5) is 0 Å². The zero-order chi connectivity index (χ0) is 25.4. The van der Waals surface area contributed by atoms with E-state index in [0.717, 1.165) is 35.2 Å². The Labute approximate surface area is 217 Å². The van der Waals surface area contributed by atoms with Crippen molar-refractivity contribution in [1.82, 2.24) is 4.57 Å². The Morgan fingerprint density at radius 2 is 1.86 bits per heavy atom. The van der Waals surface area contributed by atoms with E-state index in [1.54, 1.807) is 12.1 Å². The Kier molecular flexibility index (Phi) is 6.06. The SMILES string of the molecule is COC(=O)COc1cccc(C=c2sc3n(c2=O)C(c2ccccc2)C2=C(N=3)c3ccccc3CC2)c1. The number of fused-ring (bicyclic) bond motifs is 3. The maximum Gasteiger partial charge on any atom is 0.343 e. The molecular weight excluding hydrogens is 484 g/mol. The highest BCUT2D eigenvalue weighted by molar-refractivity contribution is 7.07. The fourth-order valence-corrected chi connectivity index (χ4v) is 6.01. The van der Waals surface area contributed by atoms with E-state index in [1.807, 2.05) is 47.0 Å². The molecule has 6 nitrogen and oxygen atoms in total. The molecule has 7 heteroatoms. The first-order valence-electron chi connectivity index (χ1n) is 12.1. The second-order valence-corrected chi connectivity index (χ2v) is 9.97. The molecular formula is C30H24N2O4S. The number of aryl methyl sites for hydroxylation is 1. The highest BCUT2D eigenvalue weighted by Gasteiger charge is 2.32. The van der Waals surface area contributed by atoms with Crippen LogP contribution in [0.15, 0.2) is 94.2 Å². The van der Waals surface area contributed by atoms with Gasteiger partial charge in [0.25, 0.3) is 5.56 Å². The van der Waals surface area contributed by atoms with Gasteiger partial charge in [-0.2, -0.15) is 0 Å². The summed E-state index contributed by atoms with van der Waals surface area (Å²) in [5.74, 6) is 0.0753. The maximum absolute atomic E-state index is 13.8. The maximum atomic E-state index is 13.8. The van der Waals surface area contributed by atoms with Crippen molar-refractivity contribution >= 4 is 29.1 Å². The van der Waals surface area contributed by atoms with Crippen LogP contribution in [0.2, 0.25) is 0 Å². The summed E-state index contributed by atoms with van der Waals surface area (Å²) in [5.41, 5.74) is 6.43. The van der Waals surface area contributed by atoms with Crippen molar-refractivity contribution in [3.8, 4) is 5.75 Å². The first kappa shape index (κ1) is 23.2. The van der Waals surface area contributed by atoms with Gasteiger partial charge in [-0.3, -0.25) is 9.36 Å². The Balaban J connectivity index is 1.49. The van der Waals surface area contributed by atoms with Gasteiger partial charge in [-0.25, -0.2) is 9.79 Å². The molecule has 2 heterocycles. The van der Waals surface area contributed by atoms with E-state index in [-0.39, 0.29) is 18.2 Å². The monoisotopic (exact) mass is 508 g/mol. The second-order valence-electron chi connectivity index (χ2n) is 8.96. The van der Waals surface area contributed by atoms with Gasteiger partial charge < -0.3 is 9.47 Å². The number of ether oxygens (including phenoxy) is 2. The third kappa shape index (κ3) is 4.32. The number of nitrogens with zero attached hydrogens (tertiary/aromatic N) is 2. The van der Waals surface area contributed by atoms with Gasteiger partial charge in [-0.05, 0) is 53.3 Å². The molecule has 0 fully saturated rings. The third-order valence-electron chi connectivity index (χ3n) is 6.73. The first-order chi connectivity index (χ1) is 18.1. The third-order valence-corrected chi connectivity index (χ3v) is 7.71. The van der Waals surface area contributed by atoms with Crippen LogP contribution in [0, 0.1) is 0 Å². The van der Waals surface area contributed by atoms with Gasteiger partial charge >= 0.3 is 5.97 Å². The molecule has 0 radical (unpaired) electrons. The minimum atomic E-state index is -0.454. The van der Waals surface area contributed by atoms with Crippen LogP contribution in [0.3, 0.4) is 0 Å². The van der Waals surface area contributed by atoms with Gasteiger partial charge in [0.15, 0.2) is 11.4 Å². The summed E-state index contributed by atoms with van der Waals surface area (Å²) < 4.78 is 12.6. The van der Waals surface area contributed by atoms with E-state index < -0.39 is 5.97 Å². The fraction of sp³-hybridized carbons (Fsp3) is 0.167. The molecule has 0 amide bonds. The van der Waals surface area contributed by atoms with E-state index in [1.165, 1.54) is 29.6 Å². The summed E-state index contributed by atoms with van der Waals surface area (Å²) in [6.45, 7) is -0.174. The zero-order valence-corrected chi connectivity index (χ0v) is 21.0. The number of esters is 1. The number of methoxy groups -OCH3 is 1. The molecule has 1 aromatic heterocycles. The molecule has 0 saturated carbocycles. The average Bonchev–Trinajstić information content (AvgIpc) is 3.25. The van der Waals surface area contributed by atoms with Crippen LogP contribution in [0.5, 0.6) is 5.75 Å². The molecule has 2 aliphatic rings. The van der Waals surface area contributed by atoms with Crippen molar-refractivity contribution < 1.29 is 14.3 Å². The number of allylic oxidation sites excluding steroid dienone is 1. The molecule has 1 atom stereocenters. The number of hydrogen-bond donors (Lipinski definition) is 0. The molecule has 1 aliphatic heterocycles. The molecule has 4 aromatic rings. The number of benzene rings is 3. The number of rotatable bonds is 5. The quantitative estimate of drug-likeness (QED) is 0.384. The van der Waals surface area contributed by atoms with E-state index in [9.17, 15) is 9.59 Å². The molecule has 3 aromatic carbocycles. The van der Waals surface area contributed by atoms with E-state index in [0.29, 0.717) is 15.1 Å². The average molecular weight is 509 g/mol. The van der Waals surface area contributed by atoms with Gasteiger partial charge in [0.05, 0.1) is 23.4 Å². The van der Waals surface area contributed by atoms with Gasteiger partial charge in [0.2, 0.25) is 0 Å². The number of carbonyl (C=O) groups is 1. The van der Waals surface area contributed by atoms with E-state index in [4.69, 9.17) is 9.73 Å². The summed E-state index contributed by atoms with van der Waals surface area (Å²) >= 11 is 1.39. The van der Waals surface area contributed by atoms with Crippen LogP contribution in [0.1, 0.15) is 34.7 Å². The summed E-state index contributed by atoms with van der Waals surface area (Å²) in [6, 6.07) is 25.7. The Morgan fingerprint density at radius 1 is 1.05 bits per heavy atom. The van der Waals surface area contributed by atoms with Crippen molar-refractivity contribution in [1.29, 1.82) is 0 Å². The Hall–Kier alpha value is -4.23. The molecule has 6 rings (SSSR count). The van der Waals surface area contributed by atoms with Crippen molar-refractivity contribution in [3.05, 3.63) is 126 Å². The summed E-state index contributed by atoms with van der Waals surface area (Å²) in [7, 11) is 1.32. The van der Waals surface area contributed by atoms with Crippen molar-refractivity contribution in [2.24, 2.45) is 4.99 Å². The Morgan fingerprint density at radius 3 is 2.70 bits per heavy atom. The molecule has 0 N–H and O–H groups in total. The minimum Gasteiger partial charge on any atom is -0.482 e. The van der Waals surface area contributed by atoms with E-state index >= 15 is 0 Å². The lowest BCUT2D eigenvalue weighted by atomic mass is 9.83. The molecule has 1 unspecified atom stereocenters. The summed E-state index contributed by atoms with van der Waals surface area (Å²) in [6.07, 6.45) is 3.64. The molecule has 184 valence electrons. The van der Waals surface area contributed by atoms with Gasteiger partial charge in [-0.15, -0.1) is 0 Å². The highest BCUT2D eigenvalue weighted by atomic mass is 32.1. The molecule has 0 saturated heterocycles. The fourth-order valence-electron chi connectivity index (χ4n) is 5.00. The minimum absolute atomic E-state index is 0.0658. The largest absolute Gasteiger partial charge is 0.482 e. The molecule has 0 bridgehead atoms. The summed E-state index contributed by atoms with van der Waals surface area (Å²) in [5, 5.41) is 0. The topological polar surface area (TPSA) is 69.9 Å². The second kappa shape index (κ2) is 9.67. The smallest absolute Gasteiger partial charge is 0.343 e. The number of aromatic nitrogens is 1. The van der Waals surface area contributed by atoms with Crippen molar-refractivity contribution in [2.75, 3.05) is 13.7 Å². The van der Waals surface area contributed by atoms with Crippen LogP contribution in [-0.2, 0) is 16.0 Å². The van der Waals surface area contributed by atoms with Gasteiger partial charge in [0, 0.05) is 5.56 Å². The molecule has 0 spiro atoms. The van der Waals surface area contributed by atoms with E-state index in [2.05, 4.69) is 35.1 Å². The van der Waals surface area contributed by atoms with Crippen LogP contribution < -0.4 is 19.6 Å². The lowest BCUT2D eigenvalue weighted by Crippen LogP contribution is -2.38. The number of carbonyl (C=O) groups excluding carboxylic acids is 1. The predicted octanol–water partition coefficient (Wildman–Crippen LogP) is 3.87. The number of hydrogen-bond acceptors (Lipinski definition) is 6. The van der Waals surface area contributed by atoms with Gasteiger partial charge in [-0.1, -0.05) is 78.1 Å². The zero-order valence-electron chi connectivity index (χ0n) is 20.2. The molecule has 1 aliphatic carbocycles. The highest BCUT2D eigenvalue weighted by Crippen LogP contribution is 2.41. The predicted molar refractivity (Wildman–Crippen MR) is 143 cm³/mol. The van der Waals surface area contributed by atoms with Crippen LogP contribution in [-0.4, -0.2) is 24.3 Å². The first-order valence-corrected chi connectivity index (χ1v) is 12.9.